The first-order valence-electron chi connectivity index (χ1n) is 9.53. The lowest BCUT2D eigenvalue weighted by Crippen LogP contribution is -2.49. The van der Waals surface area contributed by atoms with E-state index in [-0.39, 0.29) is 12.0 Å². The van der Waals surface area contributed by atoms with E-state index in [1.54, 1.807) is 22.0 Å². The van der Waals surface area contributed by atoms with Gasteiger partial charge >= 0.3 is 0 Å². The van der Waals surface area contributed by atoms with E-state index in [2.05, 4.69) is 28.6 Å². The van der Waals surface area contributed by atoms with Gasteiger partial charge in [-0.3, -0.25) is 0 Å². The van der Waals surface area contributed by atoms with Gasteiger partial charge in [0.1, 0.15) is 12.2 Å². The first-order chi connectivity index (χ1) is 11.9. The molecule has 1 aliphatic heterocycles. The number of nitrogens with zero attached hydrogens (tertiary/aromatic N) is 5. The van der Waals surface area contributed by atoms with Crippen LogP contribution in [-0.2, 0) is 10.2 Å². The van der Waals surface area contributed by atoms with Crippen molar-refractivity contribution in [3.8, 4) is 0 Å². The zero-order valence-corrected chi connectivity index (χ0v) is 16.5. The maximum absolute atomic E-state index is 13.0. The van der Waals surface area contributed by atoms with Gasteiger partial charge in [-0.1, -0.05) is 19.3 Å². The summed E-state index contributed by atoms with van der Waals surface area (Å²) in [7, 11) is -1.60. The van der Waals surface area contributed by atoms with E-state index in [0.29, 0.717) is 19.1 Å². The average molecular weight is 370 g/mol. The summed E-state index contributed by atoms with van der Waals surface area (Å²) in [6.45, 7) is 5.36. The Morgan fingerprint density at radius 1 is 1.12 bits per heavy atom. The van der Waals surface area contributed by atoms with Crippen LogP contribution in [0.2, 0.25) is 0 Å². The summed E-state index contributed by atoms with van der Waals surface area (Å²) in [5.74, 6) is 1.28. The van der Waals surface area contributed by atoms with Gasteiger partial charge in [-0.15, -0.1) is 10.2 Å². The summed E-state index contributed by atoms with van der Waals surface area (Å²) in [6, 6.07) is 0.490. The highest BCUT2D eigenvalue weighted by Gasteiger charge is 2.36. The van der Waals surface area contributed by atoms with E-state index < -0.39 is 10.2 Å². The van der Waals surface area contributed by atoms with Gasteiger partial charge in [0.15, 0.2) is 0 Å². The van der Waals surface area contributed by atoms with Gasteiger partial charge in [0, 0.05) is 38.1 Å². The number of hydrogen-bond acceptors (Lipinski definition) is 4. The second kappa shape index (κ2) is 7.72. The highest BCUT2D eigenvalue weighted by atomic mass is 32.2. The predicted octanol–water partition coefficient (Wildman–Crippen LogP) is 2.55. The third-order valence-corrected chi connectivity index (χ3v) is 7.80. The largest absolute Gasteiger partial charge is 0.315 e. The van der Waals surface area contributed by atoms with Crippen molar-refractivity contribution in [3.05, 3.63) is 12.2 Å². The molecule has 1 aliphatic carbocycles. The van der Waals surface area contributed by atoms with Crippen LogP contribution in [0.4, 0.5) is 0 Å². The fraction of sp³-hybridized carbons (Fsp3) is 0.882. The Balaban J connectivity index is 1.64. The lowest BCUT2D eigenvalue weighted by atomic mass is 9.96. The Labute approximate surface area is 151 Å². The van der Waals surface area contributed by atoms with Crippen LogP contribution in [0, 0.1) is 0 Å². The van der Waals surface area contributed by atoms with Crippen molar-refractivity contribution in [2.45, 2.75) is 76.8 Å². The van der Waals surface area contributed by atoms with E-state index in [4.69, 9.17) is 0 Å². The molecule has 2 fully saturated rings. The molecular weight excluding hydrogens is 338 g/mol. The van der Waals surface area contributed by atoms with Crippen molar-refractivity contribution in [2.75, 3.05) is 20.1 Å². The number of piperidine rings is 1. The molecule has 0 radical (unpaired) electrons. The quantitative estimate of drug-likeness (QED) is 0.800. The first-order valence-corrected chi connectivity index (χ1v) is 10.9. The molecule has 3 rings (SSSR count). The molecule has 1 saturated heterocycles. The lowest BCUT2D eigenvalue weighted by Gasteiger charge is -2.37. The normalized spacial score (nSPS) is 22.1. The molecule has 2 heterocycles. The Kier molecular flexibility index (Phi) is 5.80. The molecule has 1 aromatic rings. The molecule has 1 saturated carbocycles. The van der Waals surface area contributed by atoms with E-state index >= 15 is 0 Å². The van der Waals surface area contributed by atoms with Gasteiger partial charge in [-0.2, -0.15) is 17.0 Å². The van der Waals surface area contributed by atoms with Crippen molar-refractivity contribution >= 4 is 10.2 Å². The Morgan fingerprint density at radius 2 is 1.76 bits per heavy atom. The predicted molar refractivity (Wildman–Crippen MR) is 97.5 cm³/mol. The number of rotatable bonds is 5. The molecule has 0 spiro atoms. The average Bonchev–Trinajstić information content (AvgIpc) is 3.12. The van der Waals surface area contributed by atoms with Gasteiger partial charge in [0.25, 0.3) is 10.2 Å². The molecule has 1 aromatic heterocycles. The molecular formula is C17H31N5O2S. The van der Waals surface area contributed by atoms with E-state index in [0.717, 1.165) is 44.3 Å². The molecule has 2 aliphatic rings. The minimum absolute atomic E-state index is 0.167. The summed E-state index contributed by atoms with van der Waals surface area (Å²) in [5, 5.41) is 8.34. The van der Waals surface area contributed by atoms with Crippen LogP contribution in [-0.4, -0.2) is 58.0 Å². The minimum atomic E-state index is -3.36. The summed E-state index contributed by atoms with van der Waals surface area (Å²) in [6.07, 6.45) is 8.88. The lowest BCUT2D eigenvalue weighted by molar-refractivity contribution is 0.243. The molecule has 0 bridgehead atoms. The van der Waals surface area contributed by atoms with E-state index in [1.165, 1.54) is 6.42 Å². The fourth-order valence-electron chi connectivity index (χ4n) is 4.10. The van der Waals surface area contributed by atoms with Crippen LogP contribution in [0.5, 0.6) is 0 Å². The van der Waals surface area contributed by atoms with E-state index in [9.17, 15) is 8.42 Å². The molecule has 142 valence electrons. The Bertz CT molecular complexity index is 658. The van der Waals surface area contributed by atoms with Gasteiger partial charge in [-0.05, 0) is 39.5 Å². The molecule has 0 unspecified atom stereocenters. The number of aromatic nitrogens is 3. The maximum Gasteiger partial charge on any atom is 0.281 e. The Hall–Kier alpha value is -0.990. The topological polar surface area (TPSA) is 71.3 Å². The van der Waals surface area contributed by atoms with Crippen molar-refractivity contribution in [1.29, 1.82) is 0 Å². The van der Waals surface area contributed by atoms with Crippen LogP contribution >= 0.6 is 0 Å². The van der Waals surface area contributed by atoms with Crippen LogP contribution in [0.1, 0.15) is 76.6 Å². The monoisotopic (exact) mass is 369 g/mol. The smallest absolute Gasteiger partial charge is 0.281 e. The molecule has 8 heteroatoms. The molecule has 0 N–H and O–H groups in total. The van der Waals surface area contributed by atoms with Crippen LogP contribution in [0.3, 0.4) is 0 Å². The van der Waals surface area contributed by atoms with Crippen LogP contribution in [0.15, 0.2) is 6.33 Å². The van der Waals surface area contributed by atoms with Gasteiger partial charge in [-0.25, -0.2) is 0 Å². The Morgan fingerprint density at radius 3 is 2.36 bits per heavy atom. The van der Waals surface area contributed by atoms with E-state index in [1.807, 2.05) is 0 Å². The molecule has 0 atom stereocenters. The van der Waals surface area contributed by atoms with Crippen molar-refractivity contribution in [2.24, 2.45) is 0 Å². The molecule has 0 aromatic carbocycles. The van der Waals surface area contributed by atoms with Gasteiger partial charge in [0.05, 0.1) is 0 Å². The zero-order valence-electron chi connectivity index (χ0n) is 15.6. The van der Waals surface area contributed by atoms with Crippen molar-refractivity contribution < 1.29 is 8.42 Å². The van der Waals surface area contributed by atoms with Crippen molar-refractivity contribution in [1.82, 2.24) is 23.4 Å². The second-order valence-electron chi connectivity index (χ2n) is 7.68. The molecule has 25 heavy (non-hydrogen) atoms. The van der Waals surface area contributed by atoms with Crippen LogP contribution < -0.4 is 0 Å². The van der Waals surface area contributed by atoms with Crippen molar-refractivity contribution in [3.63, 3.8) is 0 Å². The third kappa shape index (κ3) is 3.90. The first kappa shape index (κ1) is 18.8. The second-order valence-corrected chi connectivity index (χ2v) is 9.67. The summed E-state index contributed by atoms with van der Waals surface area (Å²) < 4.78 is 31.3. The standard InChI is InChI=1S/C17H31N5O2S/c1-14(2)22-13-18-19-17(22)15-9-11-21(12-10-15)25(23,24)20(3)16-7-5-4-6-8-16/h13-16H,4-12H2,1-3H3. The van der Waals surface area contributed by atoms with Crippen LogP contribution in [0.25, 0.3) is 0 Å². The fourth-order valence-corrected chi connectivity index (χ4v) is 5.73. The summed E-state index contributed by atoms with van der Waals surface area (Å²) in [5.41, 5.74) is 0. The molecule has 0 amide bonds. The highest BCUT2D eigenvalue weighted by molar-refractivity contribution is 7.86. The summed E-state index contributed by atoms with van der Waals surface area (Å²) >= 11 is 0. The number of hydrogen-bond donors (Lipinski definition) is 0. The SMILES string of the molecule is CC(C)n1cnnc1C1CCN(S(=O)(=O)N(C)C2CCCCC2)CC1. The highest BCUT2D eigenvalue weighted by Crippen LogP contribution is 2.31. The minimum Gasteiger partial charge on any atom is -0.315 e. The maximum atomic E-state index is 13.0. The van der Waals surface area contributed by atoms with Gasteiger partial charge < -0.3 is 4.57 Å². The third-order valence-electron chi connectivity index (χ3n) is 5.76. The summed E-state index contributed by atoms with van der Waals surface area (Å²) in [4.78, 5) is 0. The van der Waals surface area contributed by atoms with Gasteiger partial charge in [0.2, 0.25) is 0 Å². The zero-order chi connectivity index (χ0) is 18.0. The molecule has 7 nitrogen and oxygen atoms in total.